The number of fused-ring (bicyclic) bond motifs is 2. The normalized spacial score (nSPS) is 12.5. The molecule has 0 saturated carbocycles. The molecule has 2 aromatic carbocycles. The number of anilines is 1. The lowest BCUT2D eigenvalue weighted by Crippen LogP contribution is -2.25. The van der Waals surface area contributed by atoms with E-state index >= 15 is 0 Å². The maximum Gasteiger partial charge on any atom is 0.196 e. The van der Waals surface area contributed by atoms with Gasteiger partial charge in [-0.1, -0.05) is 24.3 Å². The minimum absolute atomic E-state index is 0.0240. The maximum absolute atomic E-state index is 13.0. The lowest BCUT2D eigenvalue weighted by Gasteiger charge is -2.18. The van der Waals surface area contributed by atoms with Crippen LogP contribution in [0.3, 0.4) is 0 Å². The van der Waals surface area contributed by atoms with Gasteiger partial charge >= 0.3 is 0 Å². The molecule has 0 fully saturated rings. The number of hydrogen-bond donors (Lipinski definition) is 4. The molecule has 0 saturated heterocycles. The van der Waals surface area contributed by atoms with Crippen molar-refractivity contribution in [3.8, 4) is 11.3 Å². The lowest BCUT2D eigenvalue weighted by molar-refractivity contribution is 0.104. The molecule has 4 N–H and O–H groups in total. The highest BCUT2D eigenvalue weighted by atomic mass is 16.3. The highest BCUT2D eigenvalue weighted by molar-refractivity contribution is 6.27. The van der Waals surface area contributed by atoms with Gasteiger partial charge in [-0.3, -0.25) is 9.89 Å². The van der Waals surface area contributed by atoms with Crippen LogP contribution in [0.15, 0.2) is 36.4 Å². The maximum atomic E-state index is 13.0. The average molecular weight is 322 g/mol. The Morgan fingerprint density at radius 1 is 1.04 bits per heavy atom. The third-order valence-electron chi connectivity index (χ3n) is 4.29. The van der Waals surface area contributed by atoms with Crippen LogP contribution in [0.1, 0.15) is 15.9 Å². The molecule has 0 amide bonds. The van der Waals surface area contributed by atoms with Crippen LogP contribution in [-0.2, 0) is 0 Å². The largest absolute Gasteiger partial charge is 0.395 e. The van der Waals surface area contributed by atoms with Crippen LogP contribution >= 0.6 is 0 Å². The molecule has 4 rings (SSSR count). The van der Waals surface area contributed by atoms with E-state index in [0.717, 1.165) is 27.8 Å². The Balaban J connectivity index is 1.75. The van der Waals surface area contributed by atoms with Crippen molar-refractivity contribution in [2.45, 2.75) is 0 Å². The van der Waals surface area contributed by atoms with Gasteiger partial charge in [-0.15, -0.1) is 0 Å². The number of benzene rings is 2. The summed E-state index contributed by atoms with van der Waals surface area (Å²) in [5, 5.41) is 23.5. The molecule has 6 heteroatoms. The summed E-state index contributed by atoms with van der Waals surface area (Å²) in [5.41, 5.74) is 4.76. The van der Waals surface area contributed by atoms with Crippen molar-refractivity contribution in [2.75, 3.05) is 31.6 Å². The topological polar surface area (TPSA) is 90.0 Å². The molecule has 1 heterocycles. The Labute approximate surface area is 138 Å². The third-order valence-corrected chi connectivity index (χ3v) is 4.29. The predicted molar refractivity (Wildman–Crippen MR) is 93.4 cm³/mol. The van der Waals surface area contributed by atoms with Crippen LogP contribution in [0.5, 0.6) is 0 Å². The van der Waals surface area contributed by atoms with Crippen molar-refractivity contribution in [2.24, 2.45) is 0 Å². The van der Waals surface area contributed by atoms with Crippen LogP contribution in [0.25, 0.3) is 22.2 Å². The Morgan fingerprint density at radius 2 is 1.88 bits per heavy atom. The molecule has 0 spiro atoms. The summed E-state index contributed by atoms with van der Waals surface area (Å²) < 4.78 is 0. The molecular formula is C18H18N4O2. The van der Waals surface area contributed by atoms with Crippen LogP contribution in [0.4, 0.5) is 5.69 Å². The standard InChI is InChI=1S/C18H18N4O2/c23-10-9-19-7-8-20-13-5-6-14-15-16(13)18(24)12-4-2-1-3-11(12)17(15)22-21-14/h1-6,19-20,23H,7-10H2,(H,21,22). The second-order valence-electron chi connectivity index (χ2n) is 5.76. The molecule has 6 nitrogen and oxygen atoms in total. The fraction of sp³-hybridized carbons (Fsp3) is 0.222. The van der Waals surface area contributed by atoms with Gasteiger partial charge in [-0.05, 0) is 12.1 Å². The summed E-state index contributed by atoms with van der Waals surface area (Å²) >= 11 is 0. The smallest absolute Gasteiger partial charge is 0.196 e. The predicted octanol–water partition coefficient (Wildman–Crippen LogP) is 1.77. The molecule has 3 aromatic rings. The second-order valence-corrected chi connectivity index (χ2v) is 5.76. The Bertz CT molecular complexity index is 917. The first kappa shape index (κ1) is 14.9. The first-order valence-electron chi connectivity index (χ1n) is 8.02. The molecule has 0 radical (unpaired) electrons. The molecule has 1 aliphatic rings. The number of nitrogens with zero attached hydrogens (tertiary/aromatic N) is 1. The van der Waals surface area contributed by atoms with Crippen molar-refractivity contribution < 1.29 is 9.90 Å². The first-order chi connectivity index (χ1) is 11.8. The van der Waals surface area contributed by atoms with Crippen LogP contribution < -0.4 is 10.6 Å². The van der Waals surface area contributed by atoms with Gasteiger partial charge in [-0.2, -0.15) is 5.10 Å². The monoisotopic (exact) mass is 322 g/mol. The van der Waals surface area contributed by atoms with E-state index < -0.39 is 0 Å². The fourth-order valence-electron chi connectivity index (χ4n) is 3.20. The fourth-order valence-corrected chi connectivity index (χ4v) is 3.20. The zero-order valence-corrected chi connectivity index (χ0v) is 13.1. The zero-order valence-electron chi connectivity index (χ0n) is 13.1. The summed E-state index contributed by atoms with van der Waals surface area (Å²) in [5.74, 6) is 0.0240. The molecule has 122 valence electrons. The number of rotatable bonds is 6. The Morgan fingerprint density at radius 3 is 2.71 bits per heavy atom. The molecule has 0 bridgehead atoms. The van der Waals surface area contributed by atoms with Gasteiger partial charge < -0.3 is 15.7 Å². The lowest BCUT2D eigenvalue weighted by atomic mass is 9.86. The minimum Gasteiger partial charge on any atom is -0.395 e. The third kappa shape index (κ3) is 2.28. The van der Waals surface area contributed by atoms with E-state index in [4.69, 9.17) is 5.11 Å². The van der Waals surface area contributed by atoms with E-state index in [0.29, 0.717) is 30.8 Å². The summed E-state index contributed by atoms with van der Waals surface area (Å²) in [4.78, 5) is 13.0. The molecular weight excluding hydrogens is 304 g/mol. The quantitative estimate of drug-likeness (QED) is 0.406. The molecule has 0 unspecified atom stereocenters. The van der Waals surface area contributed by atoms with Gasteiger partial charge in [0.05, 0.1) is 17.7 Å². The van der Waals surface area contributed by atoms with Gasteiger partial charge in [0.15, 0.2) is 5.78 Å². The second kappa shape index (κ2) is 6.07. The van der Waals surface area contributed by atoms with Gasteiger partial charge in [0.2, 0.25) is 0 Å². The van der Waals surface area contributed by atoms with Crippen LogP contribution in [0.2, 0.25) is 0 Å². The molecule has 1 aliphatic carbocycles. The molecule has 0 aliphatic heterocycles. The molecule has 24 heavy (non-hydrogen) atoms. The van der Waals surface area contributed by atoms with E-state index in [1.54, 1.807) is 0 Å². The summed E-state index contributed by atoms with van der Waals surface area (Å²) in [6.07, 6.45) is 0. The van der Waals surface area contributed by atoms with E-state index in [1.807, 2.05) is 36.4 Å². The molecule has 1 aromatic heterocycles. The van der Waals surface area contributed by atoms with Gasteiger partial charge in [0, 0.05) is 41.8 Å². The number of aromatic nitrogens is 2. The van der Waals surface area contributed by atoms with Crippen LogP contribution in [-0.4, -0.2) is 47.3 Å². The average Bonchev–Trinajstić information content (AvgIpc) is 3.04. The van der Waals surface area contributed by atoms with E-state index in [1.165, 1.54) is 0 Å². The van der Waals surface area contributed by atoms with Crippen molar-refractivity contribution in [1.82, 2.24) is 15.5 Å². The number of aliphatic hydroxyl groups excluding tert-OH is 1. The number of hydrogen-bond acceptors (Lipinski definition) is 5. The van der Waals surface area contributed by atoms with Gasteiger partial charge in [-0.25, -0.2) is 0 Å². The van der Waals surface area contributed by atoms with Gasteiger partial charge in [0.1, 0.15) is 5.69 Å². The number of aromatic amines is 1. The zero-order chi connectivity index (χ0) is 16.5. The highest BCUT2D eigenvalue weighted by Crippen LogP contribution is 2.40. The van der Waals surface area contributed by atoms with Crippen molar-refractivity contribution >= 4 is 22.4 Å². The van der Waals surface area contributed by atoms with Gasteiger partial charge in [0.25, 0.3) is 0 Å². The Hall–Kier alpha value is -2.70. The summed E-state index contributed by atoms with van der Waals surface area (Å²) in [6.45, 7) is 2.05. The number of carbonyl (C=O) groups is 1. The van der Waals surface area contributed by atoms with E-state index in [9.17, 15) is 4.79 Å². The minimum atomic E-state index is 0.0240. The summed E-state index contributed by atoms with van der Waals surface area (Å²) in [7, 11) is 0. The number of H-pyrrole nitrogens is 1. The van der Waals surface area contributed by atoms with Crippen molar-refractivity contribution in [3.05, 3.63) is 47.5 Å². The number of carbonyl (C=O) groups excluding carboxylic acids is 1. The van der Waals surface area contributed by atoms with Crippen molar-refractivity contribution in [3.63, 3.8) is 0 Å². The number of ketones is 1. The Kier molecular flexibility index (Phi) is 3.76. The first-order valence-corrected chi connectivity index (χ1v) is 8.02. The highest BCUT2D eigenvalue weighted by Gasteiger charge is 2.29. The number of aliphatic hydroxyl groups is 1. The van der Waals surface area contributed by atoms with E-state index in [-0.39, 0.29) is 12.4 Å². The number of nitrogens with one attached hydrogen (secondary N) is 3. The van der Waals surface area contributed by atoms with E-state index in [2.05, 4.69) is 20.8 Å². The summed E-state index contributed by atoms with van der Waals surface area (Å²) in [6, 6.07) is 11.4. The molecule has 0 atom stereocenters. The SMILES string of the molecule is O=C1c2ccccc2-c2n[nH]c3ccc(NCCNCCO)c1c23. The van der Waals surface area contributed by atoms with Crippen molar-refractivity contribution in [1.29, 1.82) is 0 Å². The van der Waals surface area contributed by atoms with Crippen LogP contribution in [0, 0.1) is 0 Å².